The van der Waals surface area contributed by atoms with Crippen LogP contribution in [0.2, 0.25) is 0 Å². The highest BCUT2D eigenvalue weighted by Crippen LogP contribution is 2.32. The van der Waals surface area contributed by atoms with Crippen molar-refractivity contribution in [1.82, 2.24) is 4.98 Å². The molecule has 1 saturated carbocycles. The van der Waals surface area contributed by atoms with Gasteiger partial charge in [-0.1, -0.05) is 80.5 Å². The molecule has 1 aliphatic rings. The van der Waals surface area contributed by atoms with Crippen LogP contribution in [0, 0.1) is 13.8 Å². The predicted molar refractivity (Wildman–Crippen MR) is 128 cm³/mol. The molecule has 0 aliphatic heterocycles. The van der Waals surface area contributed by atoms with Gasteiger partial charge < -0.3 is 11.5 Å². The van der Waals surface area contributed by atoms with E-state index in [0.717, 1.165) is 17.2 Å². The van der Waals surface area contributed by atoms with Crippen LogP contribution in [-0.2, 0) is 6.18 Å². The van der Waals surface area contributed by atoms with Gasteiger partial charge >= 0.3 is 6.18 Å². The molecular formula is C26H32F3N3. The molecule has 3 nitrogen and oxygen atoms in total. The van der Waals surface area contributed by atoms with Gasteiger partial charge in [0.05, 0.1) is 5.52 Å². The highest BCUT2D eigenvalue weighted by Gasteiger charge is 2.33. The van der Waals surface area contributed by atoms with E-state index in [2.05, 4.69) is 11.6 Å². The van der Waals surface area contributed by atoms with E-state index in [1.807, 2.05) is 38.1 Å². The Morgan fingerprint density at radius 3 is 1.91 bits per heavy atom. The van der Waals surface area contributed by atoms with Crippen molar-refractivity contribution >= 4 is 22.3 Å². The molecule has 3 aromatic rings. The molecule has 2 aromatic carbocycles. The van der Waals surface area contributed by atoms with E-state index < -0.39 is 11.9 Å². The largest absolute Gasteiger partial charge is 0.433 e. The number of anilines is 1. The van der Waals surface area contributed by atoms with Crippen molar-refractivity contribution in [3.63, 3.8) is 0 Å². The first-order valence-electron chi connectivity index (χ1n) is 10.8. The first-order chi connectivity index (χ1) is 15.1. The number of hydrogen-bond acceptors (Lipinski definition) is 3. The number of rotatable bonds is 1. The Morgan fingerprint density at radius 2 is 1.44 bits per heavy atom. The van der Waals surface area contributed by atoms with E-state index in [1.54, 1.807) is 12.1 Å². The molecular weight excluding hydrogens is 411 g/mol. The Morgan fingerprint density at radius 1 is 0.875 bits per heavy atom. The maximum absolute atomic E-state index is 12.5. The molecule has 1 aromatic heterocycles. The molecule has 0 spiro atoms. The molecule has 0 saturated heterocycles. The fourth-order valence-electron chi connectivity index (χ4n) is 3.42. The summed E-state index contributed by atoms with van der Waals surface area (Å²) in [5.41, 5.74) is 14.3. The minimum Gasteiger partial charge on any atom is -0.399 e. The van der Waals surface area contributed by atoms with E-state index in [4.69, 9.17) is 11.5 Å². The number of pyridine rings is 1. The van der Waals surface area contributed by atoms with Gasteiger partial charge in [-0.2, -0.15) is 13.2 Å². The number of benzene rings is 2. The van der Waals surface area contributed by atoms with Crippen molar-refractivity contribution in [2.75, 3.05) is 5.73 Å². The van der Waals surface area contributed by atoms with Crippen molar-refractivity contribution in [2.45, 2.75) is 58.5 Å². The van der Waals surface area contributed by atoms with E-state index in [-0.39, 0.29) is 11.2 Å². The number of aryl methyl sites for hydroxylation is 2. The minimum absolute atomic E-state index is 0.0982. The fourth-order valence-corrected chi connectivity index (χ4v) is 3.42. The smallest absolute Gasteiger partial charge is 0.399 e. The minimum atomic E-state index is -4.47. The third kappa shape index (κ3) is 7.91. The van der Waals surface area contributed by atoms with Crippen LogP contribution < -0.4 is 11.5 Å². The molecule has 0 atom stereocenters. The quantitative estimate of drug-likeness (QED) is 0.411. The van der Waals surface area contributed by atoms with Crippen molar-refractivity contribution in [3.05, 3.63) is 77.5 Å². The lowest BCUT2D eigenvalue weighted by atomic mass is 10.0. The molecule has 1 fully saturated rings. The first-order valence-corrected chi connectivity index (χ1v) is 10.8. The third-order valence-corrected chi connectivity index (χ3v) is 5.18. The number of halogens is 3. The molecule has 0 amide bonds. The summed E-state index contributed by atoms with van der Waals surface area (Å²) in [6, 6.07) is 13.8. The average molecular weight is 444 g/mol. The summed E-state index contributed by atoms with van der Waals surface area (Å²) in [7, 11) is 0. The summed E-state index contributed by atoms with van der Waals surface area (Å²) >= 11 is 0. The molecule has 6 heteroatoms. The van der Waals surface area contributed by atoms with E-state index in [9.17, 15) is 13.2 Å². The second kappa shape index (κ2) is 11.6. The predicted octanol–water partition coefficient (Wildman–Crippen LogP) is 7.41. The highest BCUT2D eigenvalue weighted by atomic mass is 19.4. The SMILES string of the molecule is C1CCCCC1.C=C(N)c1cccc(C)c1.Cc1ccc2nc(C(F)(F)F)cc(N)c2c1. The number of hydrogen-bond donors (Lipinski definition) is 2. The maximum atomic E-state index is 12.5. The van der Waals surface area contributed by atoms with Crippen LogP contribution in [0.1, 0.15) is 60.9 Å². The van der Waals surface area contributed by atoms with Crippen molar-refractivity contribution < 1.29 is 13.2 Å². The van der Waals surface area contributed by atoms with Gasteiger partial charge in [-0.25, -0.2) is 4.98 Å². The standard InChI is InChI=1S/C11H9F3N2.C9H11N.C6H12/c1-6-2-3-9-7(4-6)8(15)5-10(16-9)11(12,13)14;1-7-4-3-5-9(6-7)8(2)10;1-2-4-6-5-3-1/h2-5H,1H3,(H2,15,16);3-6H,2,10H2,1H3;1-6H2. The Hall–Kier alpha value is -3.02. The lowest BCUT2D eigenvalue weighted by Crippen LogP contribution is -2.09. The van der Waals surface area contributed by atoms with Crippen LogP contribution >= 0.6 is 0 Å². The van der Waals surface area contributed by atoms with Crippen molar-refractivity contribution in [3.8, 4) is 0 Å². The Bertz CT molecular complexity index is 1030. The number of nitrogens with two attached hydrogens (primary N) is 2. The fraction of sp³-hybridized carbons (Fsp3) is 0.346. The molecule has 1 heterocycles. The van der Waals surface area contributed by atoms with Crippen LogP contribution in [0.4, 0.5) is 18.9 Å². The number of aromatic nitrogens is 1. The van der Waals surface area contributed by atoms with Gasteiger partial charge in [0.25, 0.3) is 0 Å². The second-order valence-corrected chi connectivity index (χ2v) is 8.13. The molecule has 172 valence electrons. The van der Waals surface area contributed by atoms with Crippen LogP contribution in [0.3, 0.4) is 0 Å². The lowest BCUT2D eigenvalue weighted by Gasteiger charge is -2.09. The van der Waals surface area contributed by atoms with Crippen LogP contribution in [0.15, 0.2) is 55.1 Å². The van der Waals surface area contributed by atoms with Crippen LogP contribution in [0.5, 0.6) is 0 Å². The van der Waals surface area contributed by atoms with Gasteiger partial charge in [0.2, 0.25) is 0 Å². The van der Waals surface area contributed by atoms with E-state index >= 15 is 0 Å². The molecule has 1 aliphatic carbocycles. The third-order valence-electron chi connectivity index (χ3n) is 5.18. The Labute approximate surface area is 188 Å². The van der Waals surface area contributed by atoms with Crippen molar-refractivity contribution in [2.24, 2.45) is 5.73 Å². The first kappa shape index (κ1) is 25.2. The monoisotopic (exact) mass is 443 g/mol. The van der Waals surface area contributed by atoms with E-state index in [1.165, 1.54) is 50.2 Å². The number of nitrogen functional groups attached to an aromatic ring is 1. The van der Waals surface area contributed by atoms with Gasteiger partial charge in [-0.3, -0.25) is 0 Å². The summed E-state index contributed by atoms with van der Waals surface area (Å²) in [6.45, 7) is 7.52. The van der Waals surface area contributed by atoms with Gasteiger partial charge in [-0.05, 0) is 43.7 Å². The summed E-state index contributed by atoms with van der Waals surface area (Å²) in [6.07, 6.45) is 4.53. The molecule has 0 radical (unpaired) electrons. The summed E-state index contributed by atoms with van der Waals surface area (Å²) in [5, 5.41) is 0.549. The molecule has 0 bridgehead atoms. The van der Waals surface area contributed by atoms with Gasteiger partial charge in [-0.15, -0.1) is 0 Å². The molecule has 0 unspecified atom stereocenters. The van der Waals surface area contributed by atoms with Gasteiger partial charge in [0.1, 0.15) is 5.69 Å². The van der Waals surface area contributed by atoms with Crippen LogP contribution in [0.25, 0.3) is 16.6 Å². The lowest BCUT2D eigenvalue weighted by molar-refractivity contribution is -0.140. The second-order valence-electron chi connectivity index (χ2n) is 8.13. The zero-order valence-electron chi connectivity index (χ0n) is 18.8. The molecule has 32 heavy (non-hydrogen) atoms. The molecule has 4 rings (SSSR count). The average Bonchev–Trinajstić information content (AvgIpc) is 2.75. The zero-order valence-corrected chi connectivity index (χ0v) is 18.8. The summed E-state index contributed by atoms with van der Waals surface area (Å²) in [4.78, 5) is 3.54. The molecule has 4 N–H and O–H groups in total. The van der Waals surface area contributed by atoms with Gasteiger partial charge in [0, 0.05) is 16.8 Å². The zero-order chi connectivity index (χ0) is 23.7. The number of alkyl halides is 3. The van der Waals surface area contributed by atoms with Gasteiger partial charge in [0.15, 0.2) is 0 Å². The number of nitrogens with zero attached hydrogens (tertiary/aromatic N) is 1. The van der Waals surface area contributed by atoms with Crippen molar-refractivity contribution in [1.29, 1.82) is 0 Å². The van der Waals surface area contributed by atoms with E-state index in [0.29, 0.717) is 11.1 Å². The summed E-state index contributed by atoms with van der Waals surface area (Å²) in [5.74, 6) is 0. The Balaban J connectivity index is 0.000000192. The summed E-state index contributed by atoms with van der Waals surface area (Å²) < 4.78 is 37.4. The topological polar surface area (TPSA) is 64.9 Å². The Kier molecular flexibility index (Phi) is 9.12. The number of fused-ring (bicyclic) bond motifs is 1. The van der Waals surface area contributed by atoms with Crippen LogP contribution in [-0.4, -0.2) is 4.98 Å². The maximum Gasteiger partial charge on any atom is 0.433 e. The normalized spacial score (nSPS) is 13.4. The highest BCUT2D eigenvalue weighted by molar-refractivity contribution is 5.90.